The van der Waals surface area contributed by atoms with Gasteiger partial charge in [-0.15, -0.1) is 11.8 Å². The number of ether oxygens (including phenoxy) is 1. The number of halogens is 1. The number of hydrogen-bond donors (Lipinski definition) is 0. The molecule has 1 amide bonds. The minimum atomic E-state index is -0.327. The average Bonchev–Trinajstić information content (AvgIpc) is 2.89. The summed E-state index contributed by atoms with van der Waals surface area (Å²) in [6, 6.07) is 13.8. The lowest BCUT2D eigenvalue weighted by molar-refractivity contribution is -0.115. The molecule has 1 aliphatic heterocycles. The average molecular weight is 303 g/mol. The highest BCUT2D eigenvalue weighted by atomic mass is 32.2. The number of methoxy groups -OCH3 is 1. The summed E-state index contributed by atoms with van der Waals surface area (Å²) in [5.74, 6) is 0.771. The molecular formula is C16H14FNO2S. The summed E-state index contributed by atoms with van der Waals surface area (Å²) >= 11 is 1.44. The molecule has 108 valence electrons. The number of nitrogens with zero attached hydrogens (tertiary/aromatic N) is 1. The summed E-state index contributed by atoms with van der Waals surface area (Å²) in [5, 5.41) is -0.327. The Labute approximate surface area is 126 Å². The fourth-order valence-corrected chi connectivity index (χ4v) is 3.55. The van der Waals surface area contributed by atoms with Crippen molar-refractivity contribution in [2.45, 2.75) is 5.37 Å². The fraction of sp³-hybridized carbons (Fsp3) is 0.188. The lowest BCUT2D eigenvalue weighted by Gasteiger charge is -2.24. The highest BCUT2D eigenvalue weighted by molar-refractivity contribution is 8.00. The molecule has 1 fully saturated rings. The normalized spacial score (nSPS) is 18.1. The van der Waals surface area contributed by atoms with Gasteiger partial charge >= 0.3 is 0 Å². The largest absolute Gasteiger partial charge is 0.497 e. The van der Waals surface area contributed by atoms with E-state index in [2.05, 4.69) is 0 Å². The molecule has 1 saturated heterocycles. The van der Waals surface area contributed by atoms with Gasteiger partial charge in [-0.05, 0) is 30.3 Å². The van der Waals surface area contributed by atoms with Crippen molar-refractivity contribution in [1.82, 2.24) is 0 Å². The van der Waals surface area contributed by atoms with Crippen molar-refractivity contribution in [1.29, 1.82) is 0 Å². The molecule has 2 aromatic carbocycles. The van der Waals surface area contributed by atoms with Crippen molar-refractivity contribution in [3.05, 3.63) is 59.9 Å². The molecule has 0 bridgehead atoms. The topological polar surface area (TPSA) is 29.5 Å². The number of thioether (sulfide) groups is 1. The van der Waals surface area contributed by atoms with Crippen LogP contribution in [0.15, 0.2) is 48.5 Å². The first-order chi connectivity index (χ1) is 10.2. The molecule has 0 saturated carbocycles. The van der Waals surface area contributed by atoms with Gasteiger partial charge in [-0.25, -0.2) is 4.39 Å². The number of rotatable bonds is 3. The maximum absolute atomic E-state index is 14.0. The van der Waals surface area contributed by atoms with Crippen LogP contribution < -0.4 is 9.64 Å². The Morgan fingerprint density at radius 1 is 1.19 bits per heavy atom. The van der Waals surface area contributed by atoms with Crippen LogP contribution in [0, 0.1) is 5.82 Å². The van der Waals surface area contributed by atoms with Gasteiger partial charge in [0.25, 0.3) is 0 Å². The Morgan fingerprint density at radius 3 is 2.57 bits per heavy atom. The van der Waals surface area contributed by atoms with E-state index in [0.29, 0.717) is 11.3 Å². The smallest absolute Gasteiger partial charge is 0.238 e. The van der Waals surface area contributed by atoms with E-state index in [1.54, 1.807) is 42.3 Å². The Kier molecular flexibility index (Phi) is 3.84. The molecule has 2 aromatic rings. The first-order valence-electron chi connectivity index (χ1n) is 6.53. The third-order valence-electron chi connectivity index (χ3n) is 3.39. The quantitative estimate of drug-likeness (QED) is 0.867. The van der Waals surface area contributed by atoms with Gasteiger partial charge < -0.3 is 4.74 Å². The van der Waals surface area contributed by atoms with E-state index in [0.717, 1.165) is 11.4 Å². The van der Waals surface area contributed by atoms with E-state index < -0.39 is 0 Å². The third-order valence-corrected chi connectivity index (χ3v) is 4.58. The zero-order valence-electron chi connectivity index (χ0n) is 11.5. The van der Waals surface area contributed by atoms with Crippen molar-refractivity contribution >= 4 is 23.4 Å². The molecule has 0 aromatic heterocycles. The van der Waals surface area contributed by atoms with E-state index >= 15 is 0 Å². The van der Waals surface area contributed by atoms with E-state index in [-0.39, 0.29) is 17.1 Å². The second kappa shape index (κ2) is 5.77. The zero-order chi connectivity index (χ0) is 14.8. The van der Waals surface area contributed by atoms with Crippen molar-refractivity contribution in [2.24, 2.45) is 0 Å². The molecular weight excluding hydrogens is 289 g/mol. The first kappa shape index (κ1) is 13.9. The number of amides is 1. The molecule has 3 rings (SSSR count). The summed E-state index contributed by atoms with van der Waals surface area (Å²) in [6.45, 7) is 0. The maximum atomic E-state index is 14.0. The summed E-state index contributed by atoms with van der Waals surface area (Å²) < 4.78 is 19.1. The molecule has 0 spiro atoms. The Hall–Kier alpha value is -2.01. The van der Waals surface area contributed by atoms with Crippen molar-refractivity contribution in [2.75, 3.05) is 17.8 Å². The van der Waals surface area contributed by atoms with Gasteiger partial charge in [0.2, 0.25) is 5.91 Å². The molecule has 0 unspecified atom stereocenters. The minimum Gasteiger partial charge on any atom is -0.497 e. The standard InChI is InChI=1S/C16H14FNO2S/c1-20-12-8-6-11(7-9-12)18-15(19)10-21-16(18)13-4-2-3-5-14(13)17/h2-9,16H,10H2,1H3/t16-/m0/s1. The molecule has 0 aliphatic carbocycles. The van der Waals surface area contributed by atoms with Gasteiger partial charge in [0.1, 0.15) is 16.9 Å². The van der Waals surface area contributed by atoms with Crippen LogP contribution in [0.3, 0.4) is 0 Å². The highest BCUT2D eigenvalue weighted by Crippen LogP contribution is 2.42. The van der Waals surface area contributed by atoms with Crippen molar-refractivity contribution in [3.8, 4) is 5.75 Å². The van der Waals surface area contributed by atoms with E-state index in [9.17, 15) is 9.18 Å². The molecule has 3 nitrogen and oxygen atoms in total. The van der Waals surface area contributed by atoms with Crippen LogP contribution in [0.4, 0.5) is 10.1 Å². The summed E-state index contributed by atoms with van der Waals surface area (Å²) in [4.78, 5) is 13.8. The maximum Gasteiger partial charge on any atom is 0.238 e. The number of carbonyl (C=O) groups excluding carboxylic acids is 1. The lowest BCUT2D eigenvalue weighted by atomic mass is 10.1. The predicted molar refractivity (Wildman–Crippen MR) is 82.1 cm³/mol. The van der Waals surface area contributed by atoms with Gasteiger partial charge in [-0.2, -0.15) is 0 Å². The van der Waals surface area contributed by atoms with Gasteiger partial charge in [-0.3, -0.25) is 9.69 Å². The minimum absolute atomic E-state index is 0.0154. The van der Waals surface area contributed by atoms with Crippen LogP contribution in [0.25, 0.3) is 0 Å². The van der Waals surface area contributed by atoms with Crippen molar-refractivity contribution < 1.29 is 13.9 Å². The number of anilines is 1. The zero-order valence-corrected chi connectivity index (χ0v) is 12.3. The Bertz CT molecular complexity index is 660. The second-order valence-corrected chi connectivity index (χ2v) is 5.72. The summed E-state index contributed by atoms with van der Waals surface area (Å²) in [7, 11) is 1.59. The van der Waals surface area contributed by atoms with E-state index in [4.69, 9.17) is 4.74 Å². The second-order valence-electron chi connectivity index (χ2n) is 4.65. The molecule has 1 heterocycles. The Morgan fingerprint density at radius 2 is 1.90 bits per heavy atom. The molecule has 1 aliphatic rings. The monoisotopic (exact) mass is 303 g/mol. The molecule has 1 atom stereocenters. The summed E-state index contributed by atoms with van der Waals surface area (Å²) in [6.07, 6.45) is 0. The van der Waals surface area contributed by atoms with Crippen LogP contribution in [0.5, 0.6) is 5.75 Å². The van der Waals surface area contributed by atoms with E-state index in [1.165, 1.54) is 17.8 Å². The van der Waals surface area contributed by atoms with Crippen LogP contribution >= 0.6 is 11.8 Å². The van der Waals surface area contributed by atoms with Gasteiger partial charge in [0, 0.05) is 11.3 Å². The third kappa shape index (κ3) is 2.61. The van der Waals surface area contributed by atoms with Crippen LogP contribution in [-0.4, -0.2) is 18.8 Å². The molecule has 0 N–H and O–H groups in total. The highest BCUT2D eigenvalue weighted by Gasteiger charge is 2.35. The molecule has 0 radical (unpaired) electrons. The fourth-order valence-electron chi connectivity index (χ4n) is 2.35. The lowest BCUT2D eigenvalue weighted by Crippen LogP contribution is -2.28. The van der Waals surface area contributed by atoms with Crippen molar-refractivity contribution in [3.63, 3.8) is 0 Å². The van der Waals surface area contributed by atoms with Gasteiger partial charge in [-0.1, -0.05) is 18.2 Å². The van der Waals surface area contributed by atoms with E-state index in [1.807, 2.05) is 12.1 Å². The molecule has 21 heavy (non-hydrogen) atoms. The SMILES string of the molecule is COc1ccc(N2C(=O)CS[C@H]2c2ccccc2F)cc1. The predicted octanol–water partition coefficient (Wildman–Crippen LogP) is 3.61. The van der Waals surface area contributed by atoms with Crippen LogP contribution in [0.1, 0.15) is 10.9 Å². The number of benzene rings is 2. The first-order valence-corrected chi connectivity index (χ1v) is 7.57. The van der Waals surface area contributed by atoms with Crippen LogP contribution in [0.2, 0.25) is 0 Å². The number of carbonyl (C=O) groups is 1. The van der Waals surface area contributed by atoms with Gasteiger partial charge in [0.05, 0.1) is 12.9 Å². The van der Waals surface area contributed by atoms with Crippen LogP contribution in [-0.2, 0) is 4.79 Å². The molecule has 5 heteroatoms. The Balaban J connectivity index is 1.97. The summed E-state index contributed by atoms with van der Waals surface area (Å²) in [5.41, 5.74) is 1.28. The number of hydrogen-bond acceptors (Lipinski definition) is 3. The van der Waals surface area contributed by atoms with Gasteiger partial charge in [0.15, 0.2) is 0 Å².